The van der Waals surface area contributed by atoms with Crippen LogP contribution in [0.4, 0.5) is 5.95 Å². The van der Waals surface area contributed by atoms with Gasteiger partial charge in [0.15, 0.2) is 0 Å². The van der Waals surface area contributed by atoms with Crippen molar-refractivity contribution >= 4 is 11.9 Å². The Balaban J connectivity index is 1.87. The molecule has 2 aromatic rings. The fraction of sp³-hybridized carbons (Fsp3) is 0.400. The fourth-order valence-corrected chi connectivity index (χ4v) is 1.96. The van der Waals surface area contributed by atoms with Crippen molar-refractivity contribution in [1.29, 1.82) is 0 Å². The molecule has 0 spiro atoms. The minimum atomic E-state index is -0.106. The van der Waals surface area contributed by atoms with E-state index in [0.29, 0.717) is 18.2 Å². The predicted octanol–water partition coefficient (Wildman–Crippen LogP) is 2.64. The van der Waals surface area contributed by atoms with Crippen LogP contribution < -0.4 is 5.32 Å². The molecule has 106 valence electrons. The van der Waals surface area contributed by atoms with Crippen molar-refractivity contribution in [2.75, 3.05) is 5.32 Å². The lowest BCUT2D eigenvalue weighted by Crippen LogP contribution is -2.15. The highest BCUT2D eigenvalue weighted by molar-refractivity contribution is 5.90. The molecule has 1 aromatic carbocycles. The molecule has 20 heavy (non-hydrogen) atoms. The number of carbonyl (C=O) groups excluding carboxylic acids is 1. The van der Waals surface area contributed by atoms with Crippen LogP contribution in [0.3, 0.4) is 0 Å². The van der Waals surface area contributed by atoms with E-state index in [-0.39, 0.29) is 5.91 Å². The molecule has 0 aliphatic carbocycles. The second kappa shape index (κ2) is 6.84. The Labute approximate surface area is 118 Å². The maximum absolute atomic E-state index is 11.8. The number of aromatic amines is 1. The molecule has 0 radical (unpaired) electrons. The molecule has 0 atom stereocenters. The maximum Gasteiger partial charge on any atom is 0.248 e. The minimum Gasteiger partial charge on any atom is -0.293 e. The standard InChI is InChI=1S/C15H20N4O/c1-3-4-5-12-6-8-13(9-7-12)10-14(20)17-15-16-11(2)18-19-15/h6-9H,3-5,10H2,1-2H3,(H2,16,17,18,19,20). The molecule has 0 bridgehead atoms. The number of carbonyl (C=O) groups is 1. The van der Waals surface area contributed by atoms with E-state index < -0.39 is 0 Å². The first-order chi connectivity index (χ1) is 9.67. The smallest absolute Gasteiger partial charge is 0.248 e. The van der Waals surface area contributed by atoms with Crippen molar-refractivity contribution in [1.82, 2.24) is 15.2 Å². The Hall–Kier alpha value is -2.17. The largest absolute Gasteiger partial charge is 0.293 e. The van der Waals surface area contributed by atoms with Crippen molar-refractivity contribution in [3.63, 3.8) is 0 Å². The Kier molecular flexibility index (Phi) is 4.87. The summed E-state index contributed by atoms with van der Waals surface area (Å²) in [6.45, 7) is 3.97. The molecule has 1 aromatic heterocycles. The average Bonchev–Trinajstić information content (AvgIpc) is 2.83. The summed E-state index contributed by atoms with van der Waals surface area (Å²) in [7, 11) is 0. The number of hydrogen-bond donors (Lipinski definition) is 2. The number of amides is 1. The zero-order valence-corrected chi connectivity index (χ0v) is 11.9. The number of nitrogens with zero attached hydrogens (tertiary/aromatic N) is 2. The molecule has 0 fully saturated rings. The Morgan fingerprint density at radius 2 is 1.95 bits per heavy atom. The summed E-state index contributed by atoms with van der Waals surface area (Å²) >= 11 is 0. The monoisotopic (exact) mass is 272 g/mol. The minimum absolute atomic E-state index is 0.106. The van der Waals surface area contributed by atoms with Gasteiger partial charge >= 0.3 is 0 Å². The van der Waals surface area contributed by atoms with Gasteiger partial charge in [0.25, 0.3) is 0 Å². The number of nitrogens with one attached hydrogen (secondary N) is 2. The lowest BCUT2D eigenvalue weighted by Gasteiger charge is -2.04. The van der Waals surface area contributed by atoms with Gasteiger partial charge in [-0.1, -0.05) is 37.6 Å². The molecule has 1 amide bonds. The molecule has 2 N–H and O–H groups in total. The fourth-order valence-electron chi connectivity index (χ4n) is 1.96. The van der Waals surface area contributed by atoms with Crippen LogP contribution in [-0.4, -0.2) is 21.1 Å². The number of H-pyrrole nitrogens is 1. The number of aryl methyl sites for hydroxylation is 2. The number of benzene rings is 1. The molecule has 0 unspecified atom stereocenters. The summed E-state index contributed by atoms with van der Waals surface area (Å²) in [6, 6.07) is 8.20. The van der Waals surface area contributed by atoms with E-state index in [2.05, 4.69) is 39.6 Å². The van der Waals surface area contributed by atoms with E-state index >= 15 is 0 Å². The van der Waals surface area contributed by atoms with Crippen LogP contribution in [0, 0.1) is 6.92 Å². The highest BCUT2D eigenvalue weighted by Crippen LogP contribution is 2.09. The second-order valence-corrected chi connectivity index (χ2v) is 4.89. The van der Waals surface area contributed by atoms with Crippen molar-refractivity contribution in [2.45, 2.75) is 39.5 Å². The van der Waals surface area contributed by atoms with Crippen LogP contribution in [0.25, 0.3) is 0 Å². The number of rotatable bonds is 6. The van der Waals surface area contributed by atoms with Gasteiger partial charge in [-0.25, -0.2) is 0 Å². The average molecular weight is 272 g/mol. The van der Waals surface area contributed by atoms with Crippen molar-refractivity contribution in [3.8, 4) is 0 Å². The SMILES string of the molecule is CCCCc1ccc(CC(=O)Nc2n[nH]c(C)n2)cc1. The molecule has 0 saturated carbocycles. The highest BCUT2D eigenvalue weighted by Gasteiger charge is 2.07. The zero-order chi connectivity index (χ0) is 14.4. The van der Waals surface area contributed by atoms with Gasteiger partial charge in [-0.2, -0.15) is 4.98 Å². The molecule has 0 aliphatic rings. The second-order valence-electron chi connectivity index (χ2n) is 4.89. The van der Waals surface area contributed by atoms with Gasteiger partial charge in [-0.05, 0) is 30.9 Å². The van der Waals surface area contributed by atoms with Gasteiger partial charge in [0.1, 0.15) is 5.82 Å². The first-order valence-corrected chi connectivity index (χ1v) is 6.94. The maximum atomic E-state index is 11.8. The Morgan fingerprint density at radius 1 is 1.25 bits per heavy atom. The van der Waals surface area contributed by atoms with Crippen LogP contribution in [0.1, 0.15) is 36.7 Å². The molecule has 0 aliphatic heterocycles. The normalized spacial score (nSPS) is 10.5. The molecule has 0 saturated heterocycles. The molecule has 5 heteroatoms. The van der Waals surface area contributed by atoms with Crippen LogP contribution >= 0.6 is 0 Å². The van der Waals surface area contributed by atoms with E-state index in [9.17, 15) is 4.79 Å². The van der Waals surface area contributed by atoms with E-state index in [1.807, 2.05) is 12.1 Å². The highest BCUT2D eigenvalue weighted by atomic mass is 16.1. The number of hydrogen-bond acceptors (Lipinski definition) is 3. The summed E-state index contributed by atoms with van der Waals surface area (Å²) in [4.78, 5) is 15.9. The lowest BCUT2D eigenvalue weighted by molar-refractivity contribution is -0.115. The van der Waals surface area contributed by atoms with E-state index in [1.165, 1.54) is 18.4 Å². The van der Waals surface area contributed by atoms with Crippen LogP contribution in [-0.2, 0) is 17.6 Å². The molecule has 5 nitrogen and oxygen atoms in total. The Bertz CT molecular complexity index is 560. The quantitative estimate of drug-likeness (QED) is 0.849. The Morgan fingerprint density at radius 3 is 2.55 bits per heavy atom. The third kappa shape index (κ3) is 4.19. The molecular formula is C15H20N4O. The van der Waals surface area contributed by atoms with Gasteiger partial charge in [-0.3, -0.25) is 15.2 Å². The van der Waals surface area contributed by atoms with Crippen molar-refractivity contribution < 1.29 is 4.79 Å². The van der Waals surface area contributed by atoms with Gasteiger partial charge in [0, 0.05) is 0 Å². The van der Waals surface area contributed by atoms with Crippen molar-refractivity contribution in [3.05, 3.63) is 41.2 Å². The first-order valence-electron chi connectivity index (χ1n) is 6.94. The summed E-state index contributed by atoms with van der Waals surface area (Å²) in [5.41, 5.74) is 2.32. The number of anilines is 1. The number of unbranched alkanes of at least 4 members (excludes halogenated alkanes) is 1. The summed E-state index contributed by atoms with van der Waals surface area (Å²) in [5, 5.41) is 9.23. The van der Waals surface area contributed by atoms with Crippen molar-refractivity contribution in [2.24, 2.45) is 0 Å². The molecule has 2 rings (SSSR count). The van der Waals surface area contributed by atoms with E-state index in [1.54, 1.807) is 6.92 Å². The van der Waals surface area contributed by atoms with Gasteiger partial charge in [0.05, 0.1) is 6.42 Å². The first kappa shape index (κ1) is 14.2. The molecular weight excluding hydrogens is 252 g/mol. The van der Waals surface area contributed by atoms with E-state index in [0.717, 1.165) is 12.0 Å². The van der Waals surface area contributed by atoms with Gasteiger partial charge < -0.3 is 0 Å². The summed E-state index contributed by atoms with van der Waals surface area (Å²) in [6.07, 6.45) is 3.82. The third-order valence-electron chi connectivity index (χ3n) is 3.06. The lowest BCUT2D eigenvalue weighted by atomic mass is 10.0. The van der Waals surface area contributed by atoms with Gasteiger partial charge in [0.2, 0.25) is 11.9 Å². The topological polar surface area (TPSA) is 70.7 Å². The van der Waals surface area contributed by atoms with Crippen LogP contribution in [0.15, 0.2) is 24.3 Å². The van der Waals surface area contributed by atoms with Crippen LogP contribution in [0.2, 0.25) is 0 Å². The van der Waals surface area contributed by atoms with Crippen LogP contribution in [0.5, 0.6) is 0 Å². The number of aromatic nitrogens is 3. The van der Waals surface area contributed by atoms with Gasteiger partial charge in [-0.15, -0.1) is 5.10 Å². The predicted molar refractivity (Wildman–Crippen MR) is 78.5 cm³/mol. The third-order valence-corrected chi connectivity index (χ3v) is 3.06. The summed E-state index contributed by atoms with van der Waals surface area (Å²) in [5.74, 6) is 0.901. The van der Waals surface area contributed by atoms with E-state index in [4.69, 9.17) is 0 Å². The molecule has 1 heterocycles. The summed E-state index contributed by atoms with van der Waals surface area (Å²) < 4.78 is 0. The zero-order valence-electron chi connectivity index (χ0n) is 11.9.